The van der Waals surface area contributed by atoms with Gasteiger partial charge in [0.15, 0.2) is 0 Å². The van der Waals surface area contributed by atoms with E-state index < -0.39 is 6.04 Å². The lowest BCUT2D eigenvalue weighted by molar-refractivity contribution is -0.142. The number of rotatable bonds is 8. The lowest BCUT2D eigenvalue weighted by Gasteiger charge is -2.08. The van der Waals surface area contributed by atoms with Crippen molar-refractivity contribution in [2.24, 2.45) is 5.73 Å². The molecule has 0 amide bonds. The Balaban J connectivity index is 3.23. The van der Waals surface area contributed by atoms with Crippen LogP contribution in [0.15, 0.2) is 0 Å². The van der Waals surface area contributed by atoms with Gasteiger partial charge in [0.1, 0.15) is 6.04 Å². The highest BCUT2D eigenvalue weighted by Gasteiger charge is 2.12. The number of aliphatic hydroxyl groups excluding tert-OH is 1. The summed E-state index contributed by atoms with van der Waals surface area (Å²) in [6, 6.07) is -0.495. The van der Waals surface area contributed by atoms with Gasteiger partial charge in [0.2, 0.25) is 0 Å². The van der Waals surface area contributed by atoms with E-state index in [1.807, 2.05) is 0 Å². The number of thioether (sulfide) groups is 1. The first-order chi connectivity index (χ1) is 6.72. The Morgan fingerprint density at radius 2 is 2.21 bits per heavy atom. The lowest BCUT2D eigenvalue weighted by Crippen LogP contribution is -2.32. The highest BCUT2D eigenvalue weighted by atomic mass is 32.2. The number of unbranched alkanes of at least 4 members (excludes halogenated alkanes) is 1. The van der Waals surface area contributed by atoms with Crippen molar-refractivity contribution < 1.29 is 14.6 Å². The molecule has 3 N–H and O–H groups in total. The van der Waals surface area contributed by atoms with Crippen molar-refractivity contribution in [3.8, 4) is 0 Å². The Morgan fingerprint density at radius 3 is 2.79 bits per heavy atom. The second-order valence-corrected chi connectivity index (χ2v) is 4.19. The number of methoxy groups -OCH3 is 1. The summed E-state index contributed by atoms with van der Waals surface area (Å²) in [6.07, 6.45) is 2.50. The number of ether oxygens (including phenoxy) is 1. The van der Waals surface area contributed by atoms with E-state index in [0.717, 1.165) is 24.3 Å². The van der Waals surface area contributed by atoms with Gasteiger partial charge in [0, 0.05) is 6.61 Å². The fourth-order valence-corrected chi connectivity index (χ4v) is 1.93. The Kier molecular flexibility index (Phi) is 9.13. The van der Waals surface area contributed by atoms with Crippen LogP contribution in [0.25, 0.3) is 0 Å². The summed E-state index contributed by atoms with van der Waals surface area (Å²) in [4.78, 5) is 10.9. The SMILES string of the molecule is COC(=O)C(N)CCSCCCCO. The third kappa shape index (κ3) is 7.17. The molecule has 84 valence electrons. The number of carbonyl (C=O) groups is 1. The molecule has 1 unspecified atom stereocenters. The second kappa shape index (κ2) is 9.30. The molecular formula is C9H19NO3S. The molecule has 0 bridgehead atoms. The number of aliphatic hydroxyl groups is 1. The lowest BCUT2D eigenvalue weighted by atomic mass is 10.2. The van der Waals surface area contributed by atoms with Gasteiger partial charge in [-0.15, -0.1) is 0 Å². The fraction of sp³-hybridized carbons (Fsp3) is 0.889. The van der Waals surface area contributed by atoms with Gasteiger partial charge in [0.05, 0.1) is 7.11 Å². The van der Waals surface area contributed by atoms with Crippen LogP contribution in [-0.2, 0) is 9.53 Å². The quantitative estimate of drug-likeness (QED) is 0.458. The number of hydrogen-bond acceptors (Lipinski definition) is 5. The van der Waals surface area contributed by atoms with E-state index in [9.17, 15) is 4.79 Å². The van der Waals surface area contributed by atoms with Crippen LogP contribution in [0.4, 0.5) is 0 Å². The predicted molar refractivity (Wildman–Crippen MR) is 58.3 cm³/mol. The Hall–Kier alpha value is -0.260. The summed E-state index contributed by atoms with van der Waals surface area (Å²) in [7, 11) is 1.34. The van der Waals surface area contributed by atoms with Crippen LogP contribution >= 0.6 is 11.8 Å². The summed E-state index contributed by atoms with van der Waals surface area (Å²) in [5, 5.41) is 8.53. The molecule has 0 spiro atoms. The molecule has 14 heavy (non-hydrogen) atoms. The van der Waals surface area contributed by atoms with Crippen molar-refractivity contribution in [3.05, 3.63) is 0 Å². The zero-order chi connectivity index (χ0) is 10.8. The van der Waals surface area contributed by atoms with Gasteiger partial charge in [-0.1, -0.05) is 0 Å². The Labute approximate surface area is 89.2 Å². The van der Waals surface area contributed by atoms with Gasteiger partial charge in [-0.2, -0.15) is 11.8 Å². The number of hydrogen-bond donors (Lipinski definition) is 2. The molecule has 0 aliphatic rings. The van der Waals surface area contributed by atoms with Crippen molar-refractivity contribution in [2.45, 2.75) is 25.3 Å². The maximum absolute atomic E-state index is 10.9. The Morgan fingerprint density at radius 1 is 1.50 bits per heavy atom. The van der Waals surface area contributed by atoms with Crippen LogP contribution < -0.4 is 5.73 Å². The van der Waals surface area contributed by atoms with Crippen LogP contribution in [-0.4, -0.2) is 42.3 Å². The highest BCUT2D eigenvalue weighted by Crippen LogP contribution is 2.07. The van der Waals surface area contributed by atoms with E-state index in [1.54, 1.807) is 11.8 Å². The van der Waals surface area contributed by atoms with Crippen LogP contribution in [0.2, 0.25) is 0 Å². The summed E-state index contributed by atoms with van der Waals surface area (Å²) in [5.74, 6) is 1.52. The summed E-state index contributed by atoms with van der Waals surface area (Å²) < 4.78 is 4.50. The largest absolute Gasteiger partial charge is 0.468 e. The molecule has 1 atom stereocenters. The highest BCUT2D eigenvalue weighted by molar-refractivity contribution is 7.99. The average Bonchev–Trinajstić information content (AvgIpc) is 2.21. The molecule has 0 aliphatic carbocycles. The van der Waals surface area contributed by atoms with Crippen molar-refractivity contribution in [1.29, 1.82) is 0 Å². The fourth-order valence-electron chi connectivity index (χ4n) is 0.898. The molecule has 5 heteroatoms. The minimum absolute atomic E-state index is 0.252. The third-order valence-corrected chi connectivity index (χ3v) is 2.88. The first-order valence-electron chi connectivity index (χ1n) is 4.74. The molecule has 0 fully saturated rings. The molecule has 4 nitrogen and oxygen atoms in total. The average molecular weight is 221 g/mol. The van der Waals surface area contributed by atoms with Gasteiger partial charge in [-0.05, 0) is 30.8 Å². The van der Waals surface area contributed by atoms with E-state index in [1.165, 1.54) is 7.11 Å². The van der Waals surface area contributed by atoms with E-state index in [2.05, 4.69) is 4.74 Å². The topological polar surface area (TPSA) is 72.5 Å². The van der Waals surface area contributed by atoms with Crippen molar-refractivity contribution >= 4 is 17.7 Å². The zero-order valence-electron chi connectivity index (χ0n) is 8.57. The van der Waals surface area contributed by atoms with Crippen molar-refractivity contribution in [3.63, 3.8) is 0 Å². The molecule has 0 aromatic carbocycles. The first-order valence-corrected chi connectivity index (χ1v) is 5.90. The van der Waals surface area contributed by atoms with Crippen LogP contribution in [0, 0.1) is 0 Å². The Bertz CT molecular complexity index is 155. The van der Waals surface area contributed by atoms with Gasteiger partial charge in [0.25, 0.3) is 0 Å². The molecule has 0 aliphatic heterocycles. The molecular weight excluding hydrogens is 202 g/mol. The van der Waals surface area contributed by atoms with Gasteiger partial charge in [-0.25, -0.2) is 0 Å². The number of nitrogens with two attached hydrogens (primary N) is 1. The standard InChI is InChI=1S/C9H19NO3S/c1-13-9(12)8(10)4-7-14-6-3-2-5-11/h8,11H,2-7,10H2,1H3. The van der Waals surface area contributed by atoms with Crippen molar-refractivity contribution in [1.82, 2.24) is 0 Å². The first kappa shape index (κ1) is 13.7. The molecule has 0 radical (unpaired) electrons. The maximum atomic E-state index is 10.9. The number of carbonyl (C=O) groups excluding carboxylic acids is 1. The van der Waals surface area contributed by atoms with Crippen LogP contribution in [0.5, 0.6) is 0 Å². The summed E-state index contributed by atoms with van der Waals surface area (Å²) >= 11 is 1.75. The molecule has 0 saturated heterocycles. The van der Waals surface area contributed by atoms with E-state index in [0.29, 0.717) is 6.42 Å². The van der Waals surface area contributed by atoms with E-state index in [-0.39, 0.29) is 12.6 Å². The zero-order valence-corrected chi connectivity index (χ0v) is 9.39. The van der Waals surface area contributed by atoms with Gasteiger partial charge in [-0.3, -0.25) is 4.79 Å². The van der Waals surface area contributed by atoms with Gasteiger partial charge >= 0.3 is 5.97 Å². The number of esters is 1. The van der Waals surface area contributed by atoms with Crippen LogP contribution in [0.3, 0.4) is 0 Å². The molecule has 0 aromatic rings. The van der Waals surface area contributed by atoms with E-state index in [4.69, 9.17) is 10.8 Å². The molecule has 0 saturated carbocycles. The minimum Gasteiger partial charge on any atom is -0.468 e. The van der Waals surface area contributed by atoms with Crippen LogP contribution in [0.1, 0.15) is 19.3 Å². The monoisotopic (exact) mass is 221 g/mol. The third-order valence-electron chi connectivity index (χ3n) is 1.77. The second-order valence-electron chi connectivity index (χ2n) is 2.96. The van der Waals surface area contributed by atoms with Crippen molar-refractivity contribution in [2.75, 3.05) is 25.2 Å². The minimum atomic E-state index is -0.495. The molecule has 0 aromatic heterocycles. The maximum Gasteiger partial charge on any atom is 0.322 e. The molecule has 0 heterocycles. The van der Waals surface area contributed by atoms with E-state index >= 15 is 0 Å². The normalized spacial score (nSPS) is 12.5. The van der Waals surface area contributed by atoms with Gasteiger partial charge < -0.3 is 15.6 Å². The smallest absolute Gasteiger partial charge is 0.322 e. The molecule has 0 rings (SSSR count). The predicted octanol–water partition coefficient (Wildman–Crippen LogP) is 0.382. The summed E-state index contributed by atoms with van der Waals surface area (Å²) in [6.45, 7) is 0.252. The summed E-state index contributed by atoms with van der Waals surface area (Å²) in [5.41, 5.74) is 5.54.